The number of rotatable bonds is 6. The Morgan fingerprint density at radius 1 is 1.04 bits per heavy atom. The Morgan fingerprint density at radius 3 is 2.38 bits per heavy atom. The summed E-state index contributed by atoms with van der Waals surface area (Å²) in [6.07, 6.45) is 2.81. The predicted molar refractivity (Wildman–Crippen MR) is 91.5 cm³/mol. The molecule has 2 rings (SSSR count). The molecule has 0 aliphatic carbocycles. The Kier molecular flexibility index (Phi) is 6.02. The maximum absolute atomic E-state index is 13.8. The highest BCUT2D eigenvalue weighted by molar-refractivity contribution is 6.05. The van der Waals surface area contributed by atoms with Gasteiger partial charge in [-0.15, -0.1) is 6.58 Å². The van der Waals surface area contributed by atoms with Crippen LogP contribution in [0.2, 0.25) is 0 Å². The lowest BCUT2D eigenvalue weighted by molar-refractivity contribution is -0.117. The minimum absolute atomic E-state index is 0.0456. The second kappa shape index (κ2) is 8.43. The van der Waals surface area contributed by atoms with Gasteiger partial charge in [0.05, 0.1) is 0 Å². The molecule has 0 fully saturated rings. The van der Waals surface area contributed by atoms with E-state index in [1.54, 1.807) is 42.5 Å². The molecule has 0 unspecified atom stereocenters. The van der Waals surface area contributed by atoms with Crippen molar-refractivity contribution in [1.82, 2.24) is 10.6 Å². The molecule has 0 saturated carbocycles. The number of nitrogens with one attached hydrogen (secondary N) is 2. The SMILES string of the molecule is C=CCNC(=O)C(=Cc1ccccc1F)NC(=O)c1ccccc1. The lowest BCUT2D eigenvalue weighted by Gasteiger charge is -2.10. The van der Waals surface area contributed by atoms with Crippen LogP contribution in [0, 0.1) is 5.82 Å². The lowest BCUT2D eigenvalue weighted by atomic mass is 10.1. The Labute approximate surface area is 139 Å². The molecule has 0 saturated heterocycles. The maximum atomic E-state index is 13.8. The van der Waals surface area contributed by atoms with E-state index in [0.29, 0.717) is 5.56 Å². The highest BCUT2D eigenvalue weighted by Gasteiger charge is 2.14. The third kappa shape index (κ3) is 4.64. The Balaban J connectivity index is 2.29. The summed E-state index contributed by atoms with van der Waals surface area (Å²) in [5.41, 5.74) is 0.555. The van der Waals surface area contributed by atoms with Crippen molar-refractivity contribution in [2.75, 3.05) is 6.54 Å². The molecule has 0 aromatic heterocycles. The summed E-state index contributed by atoms with van der Waals surface area (Å²) in [6, 6.07) is 14.5. The summed E-state index contributed by atoms with van der Waals surface area (Å²) in [5, 5.41) is 5.09. The molecule has 2 aromatic carbocycles. The number of carbonyl (C=O) groups is 2. The highest BCUT2D eigenvalue weighted by atomic mass is 19.1. The minimum atomic E-state index is -0.526. The summed E-state index contributed by atoms with van der Waals surface area (Å²) in [4.78, 5) is 24.5. The van der Waals surface area contributed by atoms with Gasteiger partial charge in [-0.05, 0) is 24.3 Å². The van der Waals surface area contributed by atoms with Gasteiger partial charge in [-0.25, -0.2) is 4.39 Å². The van der Waals surface area contributed by atoms with E-state index in [2.05, 4.69) is 17.2 Å². The van der Waals surface area contributed by atoms with E-state index in [4.69, 9.17) is 0 Å². The predicted octanol–water partition coefficient (Wildman–Crippen LogP) is 2.90. The zero-order valence-corrected chi connectivity index (χ0v) is 13.0. The van der Waals surface area contributed by atoms with Gasteiger partial charge in [-0.3, -0.25) is 9.59 Å². The van der Waals surface area contributed by atoms with Crippen molar-refractivity contribution in [3.63, 3.8) is 0 Å². The van der Waals surface area contributed by atoms with Crippen molar-refractivity contribution >= 4 is 17.9 Å². The average molecular weight is 324 g/mol. The van der Waals surface area contributed by atoms with E-state index in [9.17, 15) is 14.0 Å². The number of benzene rings is 2. The first-order valence-corrected chi connectivity index (χ1v) is 7.33. The van der Waals surface area contributed by atoms with Crippen LogP contribution in [0.4, 0.5) is 4.39 Å². The lowest BCUT2D eigenvalue weighted by Crippen LogP contribution is -2.35. The second-order valence-corrected chi connectivity index (χ2v) is 4.90. The summed E-state index contributed by atoms with van der Waals surface area (Å²) >= 11 is 0. The second-order valence-electron chi connectivity index (χ2n) is 4.90. The number of hydrogen-bond donors (Lipinski definition) is 2. The van der Waals surface area contributed by atoms with Gasteiger partial charge in [-0.2, -0.15) is 0 Å². The molecule has 0 aliphatic heterocycles. The van der Waals surface area contributed by atoms with Crippen LogP contribution in [-0.4, -0.2) is 18.4 Å². The van der Waals surface area contributed by atoms with E-state index >= 15 is 0 Å². The monoisotopic (exact) mass is 324 g/mol. The molecule has 0 bridgehead atoms. The van der Waals surface area contributed by atoms with E-state index in [-0.39, 0.29) is 17.8 Å². The molecule has 0 radical (unpaired) electrons. The van der Waals surface area contributed by atoms with Gasteiger partial charge in [0.1, 0.15) is 11.5 Å². The first-order chi connectivity index (χ1) is 11.6. The van der Waals surface area contributed by atoms with Gasteiger partial charge < -0.3 is 10.6 Å². The van der Waals surface area contributed by atoms with Gasteiger partial charge in [0.25, 0.3) is 11.8 Å². The van der Waals surface area contributed by atoms with Gasteiger partial charge in [0.15, 0.2) is 0 Å². The number of carbonyl (C=O) groups excluding carboxylic acids is 2. The zero-order chi connectivity index (χ0) is 17.4. The van der Waals surface area contributed by atoms with Crippen LogP contribution in [0.1, 0.15) is 15.9 Å². The molecular weight excluding hydrogens is 307 g/mol. The Morgan fingerprint density at radius 2 is 1.71 bits per heavy atom. The molecule has 0 atom stereocenters. The highest BCUT2D eigenvalue weighted by Crippen LogP contribution is 2.11. The van der Waals surface area contributed by atoms with Crippen molar-refractivity contribution in [2.45, 2.75) is 0 Å². The third-order valence-electron chi connectivity index (χ3n) is 3.14. The maximum Gasteiger partial charge on any atom is 0.268 e. The van der Waals surface area contributed by atoms with Crippen molar-refractivity contribution in [2.24, 2.45) is 0 Å². The number of halogens is 1. The number of amides is 2. The fourth-order valence-corrected chi connectivity index (χ4v) is 1.95. The molecule has 2 N–H and O–H groups in total. The fraction of sp³-hybridized carbons (Fsp3) is 0.0526. The summed E-state index contributed by atoms with van der Waals surface area (Å²) in [5.74, 6) is -1.46. The quantitative estimate of drug-likeness (QED) is 0.634. The van der Waals surface area contributed by atoms with Gasteiger partial charge in [0, 0.05) is 17.7 Å². The molecule has 4 nitrogen and oxygen atoms in total. The molecule has 0 aliphatic rings. The van der Waals surface area contributed by atoms with Crippen molar-refractivity contribution in [1.29, 1.82) is 0 Å². The molecule has 2 aromatic rings. The van der Waals surface area contributed by atoms with Crippen LogP contribution in [0.15, 0.2) is 72.9 Å². The minimum Gasteiger partial charge on any atom is -0.347 e. The van der Waals surface area contributed by atoms with E-state index in [0.717, 1.165) is 0 Å². The van der Waals surface area contributed by atoms with Crippen LogP contribution in [-0.2, 0) is 4.79 Å². The van der Waals surface area contributed by atoms with Crippen LogP contribution >= 0.6 is 0 Å². The molecule has 5 heteroatoms. The van der Waals surface area contributed by atoms with Crippen LogP contribution in [0.25, 0.3) is 6.08 Å². The van der Waals surface area contributed by atoms with E-state index < -0.39 is 17.6 Å². The first kappa shape index (κ1) is 17.1. The number of hydrogen-bond acceptors (Lipinski definition) is 2. The molecule has 0 spiro atoms. The van der Waals surface area contributed by atoms with Crippen molar-refractivity contribution < 1.29 is 14.0 Å². The summed E-state index contributed by atoms with van der Waals surface area (Å²) < 4.78 is 13.8. The van der Waals surface area contributed by atoms with E-state index in [1.807, 2.05) is 0 Å². The van der Waals surface area contributed by atoms with Crippen LogP contribution in [0.3, 0.4) is 0 Å². The molecule has 24 heavy (non-hydrogen) atoms. The zero-order valence-electron chi connectivity index (χ0n) is 13.0. The Bertz CT molecular complexity index is 770. The van der Waals surface area contributed by atoms with Gasteiger partial charge in [0.2, 0.25) is 0 Å². The molecule has 0 heterocycles. The standard InChI is InChI=1S/C19H17FN2O2/c1-2-12-21-19(24)17(13-15-10-6-7-11-16(15)20)22-18(23)14-8-4-3-5-9-14/h2-11,13H,1,12H2,(H,21,24)(H,22,23). The van der Waals surface area contributed by atoms with Crippen molar-refractivity contribution in [3.05, 3.63) is 89.9 Å². The average Bonchev–Trinajstić information content (AvgIpc) is 2.61. The van der Waals surface area contributed by atoms with Gasteiger partial charge in [-0.1, -0.05) is 42.5 Å². The summed E-state index contributed by atoms with van der Waals surface area (Å²) in [7, 11) is 0. The normalized spacial score (nSPS) is 10.8. The first-order valence-electron chi connectivity index (χ1n) is 7.33. The van der Waals surface area contributed by atoms with E-state index in [1.165, 1.54) is 24.3 Å². The Hall–Kier alpha value is -3.21. The van der Waals surface area contributed by atoms with Crippen LogP contribution < -0.4 is 10.6 Å². The van der Waals surface area contributed by atoms with Crippen LogP contribution in [0.5, 0.6) is 0 Å². The summed E-state index contributed by atoms with van der Waals surface area (Å²) in [6.45, 7) is 3.75. The van der Waals surface area contributed by atoms with Crippen molar-refractivity contribution in [3.8, 4) is 0 Å². The molecular formula is C19H17FN2O2. The molecule has 122 valence electrons. The largest absolute Gasteiger partial charge is 0.347 e. The third-order valence-corrected chi connectivity index (χ3v) is 3.14. The smallest absolute Gasteiger partial charge is 0.268 e. The topological polar surface area (TPSA) is 58.2 Å². The van der Waals surface area contributed by atoms with Gasteiger partial charge >= 0.3 is 0 Å². The molecule has 2 amide bonds. The fourth-order valence-electron chi connectivity index (χ4n) is 1.95.